The van der Waals surface area contributed by atoms with E-state index in [1.54, 1.807) is 12.1 Å². The highest BCUT2D eigenvalue weighted by Crippen LogP contribution is 2.30. The lowest BCUT2D eigenvalue weighted by molar-refractivity contribution is 0.0491. The number of hydrogen-bond donors (Lipinski definition) is 3. The second-order valence-electron chi connectivity index (χ2n) is 9.71. The summed E-state index contributed by atoms with van der Waals surface area (Å²) in [7, 11) is 0. The number of amides is 1. The van der Waals surface area contributed by atoms with Gasteiger partial charge in [-0.25, -0.2) is 15.0 Å². The Hall–Kier alpha value is -3.09. The fourth-order valence-electron chi connectivity index (χ4n) is 5.36. The molecule has 2 aromatic heterocycles. The van der Waals surface area contributed by atoms with E-state index in [0.717, 1.165) is 38.9 Å². The number of carbonyl (C=O) groups is 1. The van der Waals surface area contributed by atoms with Crippen LogP contribution in [0.15, 0.2) is 17.2 Å². The van der Waals surface area contributed by atoms with Gasteiger partial charge in [-0.15, -0.1) is 5.10 Å². The standard InChI is InChI=1S/C24H32Cl2N10O2/c1-3-14-12-35(22-19(26)30-18(21(28)31-22)23-33-32-13(2)38-23)10-11-36(14)15-6-8-34(9-7-15)24(37)16-4-5-17(25)29-20(16)27/h4-5,13-15,32H,3,6-12H2,1-2H3,(H2,27,29)(H2,28,31)/t13?,14-/m0/s1. The number of nitrogens with one attached hydrogen (secondary N) is 1. The molecular weight excluding hydrogens is 531 g/mol. The lowest BCUT2D eigenvalue weighted by atomic mass is 9.97. The summed E-state index contributed by atoms with van der Waals surface area (Å²) in [5, 5.41) is 4.65. The van der Waals surface area contributed by atoms with Crippen LogP contribution in [-0.2, 0) is 4.74 Å². The molecule has 5 N–H and O–H groups in total. The largest absolute Gasteiger partial charge is 0.450 e. The summed E-state index contributed by atoms with van der Waals surface area (Å²) in [5.41, 5.74) is 15.7. The molecule has 2 fully saturated rings. The van der Waals surface area contributed by atoms with Crippen LogP contribution in [0.4, 0.5) is 17.5 Å². The third-order valence-electron chi connectivity index (χ3n) is 7.34. The van der Waals surface area contributed by atoms with Crippen LogP contribution in [0.2, 0.25) is 10.3 Å². The highest BCUT2D eigenvalue weighted by atomic mass is 35.5. The van der Waals surface area contributed by atoms with Crippen molar-refractivity contribution in [3.63, 3.8) is 0 Å². The summed E-state index contributed by atoms with van der Waals surface area (Å²) in [5.74, 6) is 1.14. The van der Waals surface area contributed by atoms with Crippen molar-refractivity contribution < 1.29 is 9.53 Å². The van der Waals surface area contributed by atoms with Crippen LogP contribution in [0.5, 0.6) is 0 Å². The molecule has 0 saturated carbocycles. The van der Waals surface area contributed by atoms with Crippen LogP contribution in [0.1, 0.15) is 49.2 Å². The topological polar surface area (TPSA) is 151 Å². The van der Waals surface area contributed by atoms with E-state index in [4.69, 9.17) is 39.4 Å². The van der Waals surface area contributed by atoms with Gasteiger partial charge in [-0.2, -0.15) is 0 Å². The van der Waals surface area contributed by atoms with E-state index in [1.807, 2.05) is 11.8 Å². The molecule has 5 heterocycles. The number of hydrogen-bond acceptors (Lipinski definition) is 11. The minimum Gasteiger partial charge on any atom is -0.450 e. The number of nitrogens with zero attached hydrogens (tertiary/aromatic N) is 7. The summed E-state index contributed by atoms with van der Waals surface area (Å²) in [4.78, 5) is 32.6. The molecule has 14 heteroatoms. The monoisotopic (exact) mass is 562 g/mol. The first-order chi connectivity index (χ1) is 18.2. The van der Waals surface area contributed by atoms with Crippen molar-refractivity contribution >= 4 is 52.5 Å². The molecule has 0 bridgehead atoms. The number of nitrogens with two attached hydrogens (primary N) is 2. The van der Waals surface area contributed by atoms with Crippen LogP contribution in [-0.4, -0.2) is 87.6 Å². The van der Waals surface area contributed by atoms with Crippen molar-refractivity contribution in [1.29, 1.82) is 0 Å². The third-order valence-corrected chi connectivity index (χ3v) is 7.81. The van der Waals surface area contributed by atoms with Crippen molar-refractivity contribution in [2.24, 2.45) is 5.10 Å². The van der Waals surface area contributed by atoms with Gasteiger partial charge < -0.3 is 26.0 Å². The molecule has 0 aliphatic carbocycles. The number of piperidine rings is 1. The minimum absolute atomic E-state index is 0.101. The zero-order chi connectivity index (χ0) is 27.0. The first kappa shape index (κ1) is 26.5. The number of halogens is 2. The number of hydrazone groups is 1. The molecule has 3 aliphatic heterocycles. The van der Waals surface area contributed by atoms with E-state index in [1.165, 1.54) is 0 Å². The number of ether oxygens (including phenoxy) is 1. The first-order valence-corrected chi connectivity index (χ1v) is 13.6. The average Bonchev–Trinajstić information content (AvgIpc) is 3.35. The Morgan fingerprint density at radius 3 is 2.53 bits per heavy atom. The lowest BCUT2D eigenvalue weighted by Gasteiger charge is -2.47. The maximum Gasteiger partial charge on any atom is 0.262 e. The molecule has 2 aromatic rings. The van der Waals surface area contributed by atoms with Crippen molar-refractivity contribution in [2.45, 2.75) is 51.4 Å². The molecular formula is C24H32Cl2N10O2. The molecule has 204 valence electrons. The minimum atomic E-state index is -0.263. The highest BCUT2D eigenvalue weighted by Gasteiger charge is 2.36. The molecule has 3 aliphatic rings. The van der Waals surface area contributed by atoms with Crippen molar-refractivity contribution in [1.82, 2.24) is 30.2 Å². The molecule has 0 aromatic carbocycles. The second-order valence-corrected chi connectivity index (χ2v) is 10.5. The summed E-state index contributed by atoms with van der Waals surface area (Å²) < 4.78 is 5.58. The van der Waals surface area contributed by atoms with Gasteiger partial charge in [0.15, 0.2) is 28.7 Å². The predicted octanol–water partition coefficient (Wildman–Crippen LogP) is 2.18. The van der Waals surface area contributed by atoms with Gasteiger partial charge >= 0.3 is 0 Å². The summed E-state index contributed by atoms with van der Waals surface area (Å²) in [6, 6.07) is 3.92. The SMILES string of the molecule is CC[C@H]1CN(c2nc(N)c(C3=NNC(C)O3)nc2Cl)CCN1C1CCN(C(=O)c2ccc(Cl)nc2N)CC1. The molecule has 0 radical (unpaired) electrons. The van der Waals surface area contributed by atoms with Crippen LogP contribution in [0.3, 0.4) is 0 Å². The normalized spacial score (nSPS) is 22.7. The van der Waals surface area contributed by atoms with Gasteiger partial charge in [0.05, 0.1) is 5.56 Å². The second kappa shape index (κ2) is 11.0. The Kier molecular flexibility index (Phi) is 7.64. The Bertz CT molecular complexity index is 1240. The van der Waals surface area contributed by atoms with E-state index >= 15 is 0 Å². The maximum atomic E-state index is 13.0. The van der Waals surface area contributed by atoms with E-state index < -0.39 is 0 Å². The van der Waals surface area contributed by atoms with Crippen molar-refractivity contribution in [3.05, 3.63) is 33.7 Å². The number of carbonyl (C=O) groups excluding carboxylic acids is 1. The number of anilines is 3. The quantitative estimate of drug-likeness (QED) is 0.462. The van der Waals surface area contributed by atoms with Crippen LogP contribution in [0.25, 0.3) is 0 Å². The number of pyridine rings is 1. The Morgan fingerprint density at radius 2 is 1.87 bits per heavy atom. The summed E-state index contributed by atoms with van der Waals surface area (Å²) >= 11 is 12.5. The van der Waals surface area contributed by atoms with Crippen molar-refractivity contribution in [2.75, 3.05) is 49.1 Å². The van der Waals surface area contributed by atoms with Crippen LogP contribution >= 0.6 is 23.2 Å². The fraction of sp³-hybridized carbons (Fsp3) is 0.542. The average molecular weight is 563 g/mol. The van der Waals surface area contributed by atoms with Gasteiger partial charge in [0, 0.05) is 44.8 Å². The summed E-state index contributed by atoms with van der Waals surface area (Å²) in [6.45, 7) is 7.69. The van der Waals surface area contributed by atoms with Crippen LogP contribution in [0, 0.1) is 0 Å². The Balaban J connectivity index is 1.22. The number of aromatic nitrogens is 3. The first-order valence-electron chi connectivity index (χ1n) is 12.8. The molecule has 5 rings (SSSR count). The number of nitrogen functional groups attached to an aromatic ring is 2. The van der Waals surface area contributed by atoms with Gasteiger partial charge in [0.2, 0.25) is 0 Å². The maximum absolute atomic E-state index is 13.0. The predicted molar refractivity (Wildman–Crippen MR) is 147 cm³/mol. The van der Waals surface area contributed by atoms with Gasteiger partial charge in [-0.1, -0.05) is 30.1 Å². The van der Waals surface area contributed by atoms with Gasteiger partial charge in [-0.05, 0) is 38.3 Å². The smallest absolute Gasteiger partial charge is 0.262 e. The molecule has 38 heavy (non-hydrogen) atoms. The lowest BCUT2D eigenvalue weighted by Crippen LogP contribution is -2.58. The third kappa shape index (κ3) is 5.25. The molecule has 2 saturated heterocycles. The van der Waals surface area contributed by atoms with E-state index in [9.17, 15) is 4.79 Å². The van der Waals surface area contributed by atoms with E-state index in [2.05, 4.69) is 42.2 Å². The number of rotatable bonds is 5. The zero-order valence-corrected chi connectivity index (χ0v) is 22.9. The van der Waals surface area contributed by atoms with Crippen LogP contribution < -0.4 is 21.8 Å². The molecule has 12 nitrogen and oxygen atoms in total. The summed E-state index contributed by atoms with van der Waals surface area (Å²) in [6.07, 6.45) is 2.48. The highest BCUT2D eigenvalue weighted by molar-refractivity contribution is 6.32. The van der Waals surface area contributed by atoms with Gasteiger partial charge in [0.25, 0.3) is 11.8 Å². The molecule has 0 spiro atoms. The molecule has 1 amide bonds. The van der Waals surface area contributed by atoms with E-state index in [-0.39, 0.29) is 40.0 Å². The molecule has 2 atom stereocenters. The molecule has 1 unspecified atom stereocenters. The van der Waals surface area contributed by atoms with Gasteiger partial charge in [-0.3, -0.25) is 15.1 Å². The van der Waals surface area contributed by atoms with E-state index in [0.29, 0.717) is 42.2 Å². The fourth-order valence-corrected chi connectivity index (χ4v) is 5.76. The van der Waals surface area contributed by atoms with Gasteiger partial charge in [0.1, 0.15) is 11.0 Å². The Morgan fingerprint density at radius 1 is 1.11 bits per heavy atom. The number of likely N-dealkylation sites (tertiary alicyclic amines) is 1. The number of piperazine rings is 1. The zero-order valence-electron chi connectivity index (χ0n) is 21.4. The van der Waals surface area contributed by atoms with Crippen molar-refractivity contribution in [3.8, 4) is 0 Å². The Labute approximate surface area is 231 Å².